The smallest absolute Gasteiger partial charge is 0.233 e. The molecule has 0 radical (unpaired) electrons. The van der Waals surface area contributed by atoms with Gasteiger partial charge in [-0.15, -0.1) is 0 Å². The molecule has 0 aliphatic carbocycles. The zero-order valence-corrected chi connectivity index (χ0v) is 15.1. The number of ether oxygens (including phenoxy) is 2. The molecule has 1 N–H and O–H groups in total. The average Bonchev–Trinajstić information content (AvgIpc) is 2.70. The summed E-state index contributed by atoms with van der Waals surface area (Å²) in [6.45, 7) is 4.79. The van der Waals surface area contributed by atoms with Crippen LogP contribution >= 0.6 is 0 Å². The maximum atomic E-state index is 12.9. The van der Waals surface area contributed by atoms with E-state index in [2.05, 4.69) is 15.2 Å². The highest BCUT2D eigenvalue weighted by Crippen LogP contribution is 2.25. The normalized spacial score (nSPS) is 16.0. The molecule has 1 aromatic carbocycles. The average molecular weight is 355 g/mol. The highest BCUT2D eigenvalue weighted by molar-refractivity contribution is 5.86. The molecule has 2 heterocycles. The van der Waals surface area contributed by atoms with Gasteiger partial charge in [0.05, 0.1) is 26.0 Å². The lowest BCUT2D eigenvalue weighted by molar-refractivity contribution is -0.121. The lowest BCUT2D eigenvalue weighted by Gasteiger charge is -2.27. The van der Waals surface area contributed by atoms with Crippen molar-refractivity contribution in [3.05, 3.63) is 59.9 Å². The molecule has 1 amide bonds. The first kappa shape index (κ1) is 18.4. The van der Waals surface area contributed by atoms with E-state index in [0.29, 0.717) is 6.54 Å². The van der Waals surface area contributed by atoms with Crippen LogP contribution in [0, 0.1) is 0 Å². The number of amides is 1. The highest BCUT2D eigenvalue weighted by atomic mass is 16.5. The Morgan fingerprint density at radius 2 is 2.00 bits per heavy atom. The number of benzene rings is 1. The van der Waals surface area contributed by atoms with Crippen molar-refractivity contribution in [1.82, 2.24) is 15.2 Å². The van der Waals surface area contributed by atoms with Crippen LogP contribution in [0.25, 0.3) is 0 Å². The van der Waals surface area contributed by atoms with Gasteiger partial charge in [0.15, 0.2) is 0 Å². The van der Waals surface area contributed by atoms with Crippen LogP contribution in [-0.2, 0) is 9.53 Å². The van der Waals surface area contributed by atoms with Gasteiger partial charge < -0.3 is 14.8 Å². The molecule has 1 fully saturated rings. The van der Waals surface area contributed by atoms with Gasteiger partial charge in [-0.2, -0.15) is 0 Å². The van der Waals surface area contributed by atoms with Gasteiger partial charge in [-0.25, -0.2) is 0 Å². The van der Waals surface area contributed by atoms with Crippen LogP contribution in [0.5, 0.6) is 5.75 Å². The Morgan fingerprint density at radius 1 is 1.23 bits per heavy atom. The summed E-state index contributed by atoms with van der Waals surface area (Å²) in [6, 6.07) is 13.2. The Balaban J connectivity index is 1.69. The molecule has 1 aliphatic rings. The van der Waals surface area contributed by atoms with Gasteiger partial charge in [0, 0.05) is 32.4 Å². The minimum absolute atomic E-state index is 0.0397. The lowest BCUT2D eigenvalue weighted by atomic mass is 9.94. The van der Waals surface area contributed by atoms with Crippen LogP contribution < -0.4 is 10.1 Å². The van der Waals surface area contributed by atoms with Crippen LogP contribution in [0.2, 0.25) is 0 Å². The number of nitrogens with zero attached hydrogens (tertiary/aromatic N) is 2. The van der Waals surface area contributed by atoms with Crippen molar-refractivity contribution in [2.75, 3.05) is 46.5 Å². The molecule has 1 aromatic heterocycles. The van der Waals surface area contributed by atoms with Crippen molar-refractivity contribution in [2.45, 2.75) is 5.92 Å². The van der Waals surface area contributed by atoms with Crippen molar-refractivity contribution in [2.24, 2.45) is 0 Å². The van der Waals surface area contributed by atoms with E-state index in [4.69, 9.17) is 9.47 Å². The van der Waals surface area contributed by atoms with E-state index < -0.39 is 5.92 Å². The summed E-state index contributed by atoms with van der Waals surface area (Å²) >= 11 is 0. The van der Waals surface area contributed by atoms with Crippen molar-refractivity contribution in [3.8, 4) is 5.75 Å². The van der Waals surface area contributed by atoms with Crippen molar-refractivity contribution >= 4 is 5.91 Å². The largest absolute Gasteiger partial charge is 0.497 e. The van der Waals surface area contributed by atoms with Gasteiger partial charge in [0.1, 0.15) is 11.7 Å². The molecule has 3 rings (SSSR count). The topological polar surface area (TPSA) is 63.7 Å². The molecule has 0 saturated carbocycles. The summed E-state index contributed by atoms with van der Waals surface area (Å²) in [4.78, 5) is 19.6. The third-order valence-corrected chi connectivity index (χ3v) is 4.53. The van der Waals surface area contributed by atoms with E-state index in [-0.39, 0.29) is 5.91 Å². The Bertz CT molecular complexity index is 685. The second-order valence-electron chi connectivity index (χ2n) is 6.21. The summed E-state index contributed by atoms with van der Waals surface area (Å²) in [6.07, 6.45) is 1.72. The number of carbonyl (C=O) groups is 1. The predicted octanol–water partition coefficient (Wildman–Crippen LogP) is 1.67. The molecule has 6 heteroatoms. The molecule has 1 aliphatic heterocycles. The first-order chi connectivity index (χ1) is 12.8. The minimum atomic E-state index is -0.438. The predicted molar refractivity (Wildman–Crippen MR) is 99.3 cm³/mol. The third-order valence-electron chi connectivity index (χ3n) is 4.53. The van der Waals surface area contributed by atoms with E-state index >= 15 is 0 Å². The minimum Gasteiger partial charge on any atom is -0.497 e. The van der Waals surface area contributed by atoms with E-state index in [1.807, 2.05) is 42.5 Å². The maximum Gasteiger partial charge on any atom is 0.233 e. The van der Waals surface area contributed by atoms with Crippen LogP contribution in [0.3, 0.4) is 0 Å². The Hall–Kier alpha value is -2.44. The molecule has 138 valence electrons. The van der Waals surface area contributed by atoms with Gasteiger partial charge >= 0.3 is 0 Å². The quantitative estimate of drug-likeness (QED) is 0.819. The molecule has 26 heavy (non-hydrogen) atoms. The van der Waals surface area contributed by atoms with E-state index in [9.17, 15) is 4.79 Å². The highest BCUT2D eigenvalue weighted by Gasteiger charge is 2.24. The van der Waals surface area contributed by atoms with Gasteiger partial charge in [0.2, 0.25) is 5.91 Å². The first-order valence-electron chi connectivity index (χ1n) is 8.90. The summed E-state index contributed by atoms with van der Waals surface area (Å²) in [7, 11) is 1.63. The molecule has 0 spiro atoms. The standard InChI is InChI=1S/C20H25N3O3/c1-25-17-7-5-16(6-8-17)19(18-4-2-3-9-21-18)20(24)22-10-11-23-12-14-26-15-13-23/h2-9,19H,10-15H2,1H3,(H,22,24). The third kappa shape index (κ3) is 4.80. The Labute approximate surface area is 154 Å². The number of rotatable bonds is 7. The Kier molecular flexibility index (Phi) is 6.57. The fourth-order valence-corrected chi connectivity index (χ4v) is 3.06. The number of aromatic nitrogens is 1. The summed E-state index contributed by atoms with van der Waals surface area (Å²) in [5.74, 6) is 0.287. The Morgan fingerprint density at radius 3 is 2.65 bits per heavy atom. The molecule has 1 atom stereocenters. The van der Waals surface area contributed by atoms with Crippen molar-refractivity contribution in [3.63, 3.8) is 0 Å². The molecule has 2 aromatic rings. The van der Waals surface area contributed by atoms with Crippen LogP contribution in [-0.4, -0.2) is 62.3 Å². The number of nitrogens with one attached hydrogen (secondary N) is 1. The van der Waals surface area contributed by atoms with E-state index in [1.54, 1.807) is 13.3 Å². The monoisotopic (exact) mass is 355 g/mol. The van der Waals surface area contributed by atoms with E-state index in [1.165, 1.54) is 0 Å². The van der Waals surface area contributed by atoms with Gasteiger partial charge in [-0.05, 0) is 29.8 Å². The lowest BCUT2D eigenvalue weighted by Crippen LogP contribution is -2.42. The number of carbonyl (C=O) groups excluding carboxylic acids is 1. The van der Waals surface area contributed by atoms with Gasteiger partial charge in [-0.1, -0.05) is 18.2 Å². The molecule has 0 bridgehead atoms. The number of hydrogen-bond donors (Lipinski definition) is 1. The first-order valence-corrected chi connectivity index (χ1v) is 8.90. The fourth-order valence-electron chi connectivity index (χ4n) is 3.06. The van der Waals surface area contributed by atoms with E-state index in [0.717, 1.165) is 49.9 Å². The van der Waals surface area contributed by atoms with Crippen molar-refractivity contribution in [1.29, 1.82) is 0 Å². The number of morpholine rings is 1. The second kappa shape index (κ2) is 9.31. The second-order valence-corrected chi connectivity index (χ2v) is 6.21. The molecule has 1 saturated heterocycles. The summed E-state index contributed by atoms with van der Waals surface area (Å²) < 4.78 is 10.6. The molecular formula is C20H25N3O3. The van der Waals surface area contributed by atoms with Gasteiger partial charge in [0.25, 0.3) is 0 Å². The fraction of sp³-hybridized carbons (Fsp3) is 0.400. The summed E-state index contributed by atoms with van der Waals surface area (Å²) in [5.41, 5.74) is 1.63. The zero-order valence-electron chi connectivity index (χ0n) is 15.1. The number of pyridine rings is 1. The SMILES string of the molecule is COc1ccc(C(C(=O)NCCN2CCOCC2)c2ccccn2)cc1. The number of methoxy groups -OCH3 is 1. The van der Waals surface area contributed by atoms with Crippen LogP contribution in [0.15, 0.2) is 48.7 Å². The zero-order chi connectivity index (χ0) is 18.2. The molecule has 1 unspecified atom stereocenters. The van der Waals surface area contributed by atoms with Crippen molar-refractivity contribution < 1.29 is 14.3 Å². The molecular weight excluding hydrogens is 330 g/mol. The van der Waals surface area contributed by atoms with Crippen LogP contribution in [0.4, 0.5) is 0 Å². The maximum absolute atomic E-state index is 12.9. The van der Waals surface area contributed by atoms with Crippen LogP contribution in [0.1, 0.15) is 17.2 Å². The molecule has 6 nitrogen and oxygen atoms in total. The van der Waals surface area contributed by atoms with Gasteiger partial charge in [-0.3, -0.25) is 14.7 Å². The summed E-state index contributed by atoms with van der Waals surface area (Å²) in [5, 5.41) is 3.06. The number of hydrogen-bond acceptors (Lipinski definition) is 5.